The minimum Gasteiger partial charge on any atom is -0.376 e. The Hall–Kier alpha value is -0.160. The van der Waals surface area contributed by atoms with Gasteiger partial charge in [0.25, 0.3) is 0 Å². The van der Waals surface area contributed by atoms with Crippen LogP contribution in [0.5, 0.6) is 0 Å². The van der Waals surface area contributed by atoms with E-state index >= 15 is 0 Å². The van der Waals surface area contributed by atoms with Gasteiger partial charge in [0.15, 0.2) is 0 Å². The molecule has 2 rings (SSSR count). The predicted octanol–water partition coefficient (Wildman–Crippen LogP) is -0.186. The Morgan fingerprint density at radius 2 is 1.33 bits per heavy atom. The molecular weight excluding hydrogens is 160 g/mol. The van der Waals surface area contributed by atoms with Gasteiger partial charge >= 0.3 is 0 Å². The third-order valence-electron chi connectivity index (χ3n) is 2.32. The molecule has 0 aromatic heterocycles. The van der Waals surface area contributed by atoms with E-state index in [1.165, 1.54) is 0 Å². The van der Waals surface area contributed by atoms with E-state index in [0.717, 1.165) is 13.2 Å². The average Bonchev–Trinajstić information content (AvgIpc) is 2.85. The standard InChI is InChI=1S/C8H14O4/c1-9-7(5-3-11-5)8(10-2)6-4-12-6/h5-8H,3-4H2,1-2H3/t5-,6-,7+,8+/m0/s1. The second kappa shape index (κ2) is 3.30. The molecule has 2 fully saturated rings. The van der Waals surface area contributed by atoms with E-state index in [0.29, 0.717) is 0 Å². The fraction of sp³-hybridized carbons (Fsp3) is 1.00. The van der Waals surface area contributed by atoms with Crippen molar-refractivity contribution in [1.29, 1.82) is 0 Å². The van der Waals surface area contributed by atoms with E-state index in [4.69, 9.17) is 18.9 Å². The topological polar surface area (TPSA) is 43.5 Å². The van der Waals surface area contributed by atoms with Gasteiger partial charge in [0.05, 0.1) is 13.2 Å². The molecule has 4 atom stereocenters. The van der Waals surface area contributed by atoms with Crippen molar-refractivity contribution in [3.8, 4) is 0 Å². The van der Waals surface area contributed by atoms with Crippen LogP contribution >= 0.6 is 0 Å². The molecule has 0 spiro atoms. The van der Waals surface area contributed by atoms with Gasteiger partial charge in [-0.1, -0.05) is 0 Å². The van der Waals surface area contributed by atoms with Crippen molar-refractivity contribution in [2.24, 2.45) is 0 Å². The zero-order chi connectivity index (χ0) is 8.55. The first kappa shape index (κ1) is 8.44. The van der Waals surface area contributed by atoms with Gasteiger partial charge < -0.3 is 18.9 Å². The highest BCUT2D eigenvalue weighted by molar-refractivity contribution is 4.93. The molecule has 2 aliphatic heterocycles. The number of hydrogen-bond donors (Lipinski definition) is 0. The Bertz CT molecular complexity index is 135. The lowest BCUT2D eigenvalue weighted by Crippen LogP contribution is -2.38. The van der Waals surface area contributed by atoms with Gasteiger partial charge in [0, 0.05) is 14.2 Å². The number of ether oxygens (including phenoxy) is 4. The van der Waals surface area contributed by atoms with Crippen molar-refractivity contribution in [2.45, 2.75) is 24.4 Å². The first-order valence-corrected chi connectivity index (χ1v) is 4.15. The second-order valence-corrected chi connectivity index (χ2v) is 3.14. The summed E-state index contributed by atoms with van der Waals surface area (Å²) in [5.74, 6) is 0. The van der Waals surface area contributed by atoms with E-state index in [1.807, 2.05) is 0 Å². The summed E-state index contributed by atoms with van der Waals surface area (Å²) < 4.78 is 20.9. The number of epoxide rings is 2. The smallest absolute Gasteiger partial charge is 0.114 e. The van der Waals surface area contributed by atoms with Crippen molar-refractivity contribution in [2.75, 3.05) is 27.4 Å². The maximum atomic E-state index is 5.30. The molecule has 0 bridgehead atoms. The molecular formula is C8H14O4. The quantitative estimate of drug-likeness (QED) is 0.542. The summed E-state index contributed by atoms with van der Waals surface area (Å²) in [6, 6.07) is 0. The molecule has 2 aliphatic rings. The average molecular weight is 174 g/mol. The van der Waals surface area contributed by atoms with Crippen molar-refractivity contribution < 1.29 is 18.9 Å². The van der Waals surface area contributed by atoms with Crippen LogP contribution in [0.25, 0.3) is 0 Å². The summed E-state index contributed by atoms with van der Waals surface area (Å²) in [6.07, 6.45) is 0.485. The third-order valence-corrected chi connectivity index (χ3v) is 2.32. The Balaban J connectivity index is 1.91. The van der Waals surface area contributed by atoms with Gasteiger partial charge in [-0.25, -0.2) is 0 Å². The van der Waals surface area contributed by atoms with Crippen LogP contribution in [0.4, 0.5) is 0 Å². The lowest BCUT2D eigenvalue weighted by molar-refractivity contribution is -0.0589. The molecule has 70 valence electrons. The highest BCUT2D eigenvalue weighted by Gasteiger charge is 2.46. The van der Waals surface area contributed by atoms with Crippen molar-refractivity contribution in [3.63, 3.8) is 0 Å². The zero-order valence-corrected chi connectivity index (χ0v) is 7.36. The minimum absolute atomic E-state index is 0.0301. The Kier molecular flexibility index (Phi) is 2.32. The lowest BCUT2D eigenvalue weighted by atomic mass is 10.1. The van der Waals surface area contributed by atoms with Crippen molar-refractivity contribution in [1.82, 2.24) is 0 Å². The zero-order valence-electron chi connectivity index (χ0n) is 7.36. The molecule has 0 unspecified atom stereocenters. The monoisotopic (exact) mass is 174 g/mol. The van der Waals surface area contributed by atoms with Gasteiger partial charge in [0.1, 0.15) is 24.4 Å². The van der Waals surface area contributed by atoms with E-state index in [2.05, 4.69) is 0 Å². The van der Waals surface area contributed by atoms with E-state index in [1.54, 1.807) is 14.2 Å². The molecule has 0 amide bonds. The summed E-state index contributed by atoms with van der Waals surface area (Å²) in [5, 5.41) is 0. The highest BCUT2D eigenvalue weighted by Crippen LogP contribution is 2.27. The molecule has 4 heteroatoms. The van der Waals surface area contributed by atoms with Gasteiger partial charge in [0.2, 0.25) is 0 Å². The van der Waals surface area contributed by atoms with Crippen LogP contribution in [0, 0.1) is 0 Å². The number of rotatable bonds is 5. The maximum absolute atomic E-state index is 5.30. The molecule has 4 nitrogen and oxygen atoms in total. The summed E-state index contributed by atoms with van der Waals surface area (Å²) in [5.41, 5.74) is 0. The normalized spacial score (nSPS) is 37.5. The molecule has 0 N–H and O–H groups in total. The Morgan fingerprint density at radius 3 is 1.50 bits per heavy atom. The fourth-order valence-corrected chi connectivity index (χ4v) is 1.49. The highest BCUT2D eigenvalue weighted by atomic mass is 16.6. The third kappa shape index (κ3) is 1.61. The van der Waals surface area contributed by atoms with Crippen LogP contribution in [0.3, 0.4) is 0 Å². The Morgan fingerprint density at radius 1 is 1.00 bits per heavy atom. The lowest BCUT2D eigenvalue weighted by Gasteiger charge is -2.21. The number of hydrogen-bond acceptors (Lipinski definition) is 4. The first-order valence-electron chi connectivity index (χ1n) is 4.15. The summed E-state index contributed by atoms with van der Waals surface area (Å²) in [4.78, 5) is 0. The SMILES string of the molecule is CO[C@@H]([C@H](OC)[C@@H]1CO1)[C@@H]1CO1. The van der Waals surface area contributed by atoms with Gasteiger partial charge in [-0.15, -0.1) is 0 Å². The Labute approximate surface area is 71.7 Å². The number of methoxy groups -OCH3 is 2. The second-order valence-electron chi connectivity index (χ2n) is 3.14. The molecule has 0 saturated carbocycles. The van der Waals surface area contributed by atoms with E-state index in [-0.39, 0.29) is 24.4 Å². The van der Waals surface area contributed by atoms with Crippen LogP contribution in [0.1, 0.15) is 0 Å². The van der Waals surface area contributed by atoms with Gasteiger partial charge in [-0.2, -0.15) is 0 Å². The summed E-state index contributed by atoms with van der Waals surface area (Å²) in [7, 11) is 3.36. The molecule has 0 radical (unpaired) electrons. The van der Waals surface area contributed by atoms with Crippen LogP contribution in [-0.2, 0) is 18.9 Å². The van der Waals surface area contributed by atoms with Crippen molar-refractivity contribution in [3.05, 3.63) is 0 Å². The van der Waals surface area contributed by atoms with Crippen LogP contribution in [-0.4, -0.2) is 51.8 Å². The molecule has 12 heavy (non-hydrogen) atoms. The van der Waals surface area contributed by atoms with E-state index < -0.39 is 0 Å². The largest absolute Gasteiger partial charge is 0.376 e. The molecule has 2 saturated heterocycles. The van der Waals surface area contributed by atoms with Crippen molar-refractivity contribution >= 4 is 0 Å². The minimum atomic E-state index is 0.0301. The van der Waals surface area contributed by atoms with Gasteiger partial charge in [-0.05, 0) is 0 Å². The van der Waals surface area contributed by atoms with Crippen LogP contribution in [0.15, 0.2) is 0 Å². The fourth-order valence-electron chi connectivity index (χ4n) is 1.49. The van der Waals surface area contributed by atoms with E-state index in [9.17, 15) is 0 Å². The molecule has 0 aromatic rings. The molecule has 0 aromatic carbocycles. The summed E-state index contributed by atoms with van der Waals surface area (Å²) >= 11 is 0. The maximum Gasteiger partial charge on any atom is 0.114 e. The van der Waals surface area contributed by atoms with Crippen LogP contribution < -0.4 is 0 Å². The van der Waals surface area contributed by atoms with Gasteiger partial charge in [-0.3, -0.25) is 0 Å². The first-order chi connectivity index (χ1) is 5.86. The summed E-state index contributed by atoms with van der Waals surface area (Å²) in [6.45, 7) is 1.57. The molecule has 0 aliphatic carbocycles. The predicted molar refractivity (Wildman–Crippen MR) is 41.1 cm³/mol. The molecule has 2 heterocycles. The van der Waals surface area contributed by atoms with Crippen LogP contribution in [0.2, 0.25) is 0 Å².